The average molecular weight is 1910 g/mol. The second-order valence-electron chi connectivity index (χ2n) is 32.6. The maximum Gasteiger partial charge on any atom is 0.247 e. The predicted octanol–water partition coefficient (Wildman–Crippen LogP) is 45.8. The molecule has 0 radical (unpaired) electrons. The molecule has 0 amide bonds. The van der Waals surface area contributed by atoms with Crippen molar-refractivity contribution in [3.8, 4) is 0 Å². The fourth-order valence-electron chi connectivity index (χ4n) is 7.75. The van der Waals surface area contributed by atoms with Crippen LogP contribution in [-0.2, 0) is 14.2 Å². The van der Waals surface area contributed by atoms with Gasteiger partial charge in [0, 0.05) is 52.3 Å². The molecular weight excluding hydrogens is 1610 g/mol. The van der Waals surface area contributed by atoms with E-state index in [0.29, 0.717) is 35.9 Å². The lowest BCUT2D eigenvalue weighted by atomic mass is 9.81. The fraction of sp³-hybridized carbons (Fsp3) is 1.00. The minimum absolute atomic E-state index is 0. The molecule has 2 N–H and O–H groups in total. The zero-order chi connectivity index (χ0) is 92.0. The van der Waals surface area contributed by atoms with E-state index < -0.39 is 5.92 Å². The Hall–Kier alpha value is -0.270. The number of hydrogen-bond donors (Lipinski definition) is 2. The molecular formula is C116H301ClF4N4O3. The first kappa shape index (κ1) is 239. The zero-order valence-electron chi connectivity index (χ0n) is 87.3. The molecule has 0 aromatic heterocycles. The van der Waals surface area contributed by atoms with E-state index in [1.54, 1.807) is 21.1 Å². The lowest BCUT2D eigenvalue weighted by molar-refractivity contribution is -0.0119. The molecule has 0 rings (SSSR count). The second-order valence-corrected chi connectivity index (χ2v) is 33.2. The summed E-state index contributed by atoms with van der Waals surface area (Å²) < 4.78 is 59.5. The first-order valence-electron chi connectivity index (χ1n) is 47.1. The van der Waals surface area contributed by atoms with Crippen LogP contribution in [0, 0.1) is 52.3 Å². The van der Waals surface area contributed by atoms with E-state index in [1.807, 2.05) is 20.9 Å². The summed E-state index contributed by atoms with van der Waals surface area (Å²) in [6.45, 7) is 98.8. The molecule has 7 nitrogen and oxygen atoms in total. The molecule has 0 spiro atoms. The maximum atomic E-state index is 12.2. The molecule has 0 heterocycles. The van der Waals surface area contributed by atoms with E-state index in [2.05, 4.69) is 298 Å². The van der Waals surface area contributed by atoms with Gasteiger partial charge in [0.1, 0.15) is 0 Å². The number of alkyl halides is 5. The number of rotatable bonds is 40. The molecule has 5 unspecified atom stereocenters. The summed E-state index contributed by atoms with van der Waals surface area (Å²) in [5.74, 6) is 3.88. The van der Waals surface area contributed by atoms with E-state index >= 15 is 0 Å². The number of ether oxygens (including phenoxy) is 3. The van der Waals surface area contributed by atoms with E-state index in [9.17, 15) is 17.6 Å². The monoisotopic (exact) mass is 1910 g/mol. The second kappa shape index (κ2) is 223. The van der Waals surface area contributed by atoms with Crippen LogP contribution in [-0.4, -0.2) is 143 Å². The van der Waals surface area contributed by atoms with Crippen molar-refractivity contribution in [3.63, 3.8) is 0 Å². The SMILES string of the molecule is C.C.C.C.C.C.C.C.C.C.C.C.C.C.C.C.C.CCC(C)(C)CC.CCC(C)C(C)(C)C.CCC(C)C(C)CC.CCC(C)CC(C)C.CCC(Cl)CC.CCCC(C)C.CCCC(C)C.CCCC(C)OC.CCCC(F)(F)CC.CCCCCCC.CCCCCF.CCCN(C)C.CCCNC.CCCOC.CCN(C)CC.CCNCC.CCOCC.CF. The van der Waals surface area contributed by atoms with Gasteiger partial charge in [-0.2, -0.15) is 0 Å². The first-order valence-corrected chi connectivity index (χ1v) is 47.5. The van der Waals surface area contributed by atoms with E-state index in [1.165, 1.54) is 142 Å². The van der Waals surface area contributed by atoms with Gasteiger partial charge in [-0.25, -0.2) is 8.78 Å². The molecule has 0 aliphatic heterocycles. The maximum absolute atomic E-state index is 12.2. The van der Waals surface area contributed by atoms with Crippen LogP contribution in [0.25, 0.3) is 0 Å². The lowest BCUT2D eigenvalue weighted by Gasteiger charge is -2.25. The third-order valence-electron chi connectivity index (χ3n) is 18.2. The summed E-state index contributed by atoms with van der Waals surface area (Å²) in [5, 5.41) is 6.54. The molecule has 128 heavy (non-hydrogen) atoms. The molecule has 0 fully saturated rings. The highest BCUT2D eigenvalue weighted by molar-refractivity contribution is 6.20. The van der Waals surface area contributed by atoms with Crippen LogP contribution in [0.3, 0.4) is 0 Å². The van der Waals surface area contributed by atoms with Gasteiger partial charge in [0.05, 0.1) is 20.0 Å². The van der Waals surface area contributed by atoms with Crippen molar-refractivity contribution in [1.82, 2.24) is 20.4 Å². The van der Waals surface area contributed by atoms with Gasteiger partial charge in [0.15, 0.2) is 0 Å². The summed E-state index contributed by atoms with van der Waals surface area (Å²) in [6, 6.07) is 0. The number of nitrogens with zero attached hydrogens (tertiary/aromatic N) is 2. The topological polar surface area (TPSA) is 58.2 Å². The van der Waals surface area contributed by atoms with Crippen molar-refractivity contribution in [3.05, 3.63) is 0 Å². The van der Waals surface area contributed by atoms with E-state index in [-0.39, 0.29) is 146 Å². The van der Waals surface area contributed by atoms with Crippen LogP contribution < -0.4 is 10.6 Å². The Morgan fingerprint density at radius 2 is 0.727 bits per heavy atom. The van der Waals surface area contributed by atoms with Gasteiger partial charge in [0.25, 0.3) is 0 Å². The largest absolute Gasteiger partial charge is 0.385 e. The normalized spacial score (nSPS) is 9.87. The van der Waals surface area contributed by atoms with Crippen LogP contribution in [0.5, 0.6) is 0 Å². The van der Waals surface area contributed by atoms with Gasteiger partial charge in [-0.15, -0.1) is 11.6 Å². The molecule has 12 heteroatoms. The van der Waals surface area contributed by atoms with Crippen molar-refractivity contribution >= 4 is 11.6 Å². The van der Waals surface area contributed by atoms with Gasteiger partial charge >= 0.3 is 0 Å². The molecule has 838 valence electrons. The molecule has 0 aromatic rings. The van der Waals surface area contributed by atoms with Crippen LogP contribution in [0.4, 0.5) is 17.6 Å². The fourth-order valence-corrected chi connectivity index (χ4v) is 7.75. The van der Waals surface area contributed by atoms with Crippen LogP contribution >= 0.6 is 11.6 Å². The molecule has 5 atom stereocenters. The number of halogens is 5. The number of unbranched alkanes of at least 4 members (excludes halogenated alkanes) is 6. The Balaban J connectivity index is -0.0000000216. The Labute approximate surface area is 840 Å². The summed E-state index contributed by atoms with van der Waals surface area (Å²) in [7, 11) is 12.2. The summed E-state index contributed by atoms with van der Waals surface area (Å²) in [5.41, 5.74) is 1.09. The smallest absolute Gasteiger partial charge is 0.247 e. The molecule has 0 saturated heterocycles. The van der Waals surface area contributed by atoms with Crippen molar-refractivity contribution < 1.29 is 31.8 Å². The van der Waals surface area contributed by atoms with Gasteiger partial charge < -0.3 is 34.6 Å². The van der Waals surface area contributed by atoms with Gasteiger partial charge in [-0.1, -0.05) is 511 Å². The summed E-state index contributed by atoms with van der Waals surface area (Å²) in [4.78, 5) is 4.43. The first-order chi connectivity index (χ1) is 51.8. The number of nitrogens with one attached hydrogen (secondary N) is 2. The molecule has 0 saturated carbocycles. The molecule has 0 bridgehead atoms. The highest BCUT2D eigenvalue weighted by Crippen LogP contribution is 2.27. The lowest BCUT2D eigenvalue weighted by Crippen LogP contribution is -2.15. The van der Waals surface area contributed by atoms with Crippen molar-refractivity contribution in [1.29, 1.82) is 0 Å². The van der Waals surface area contributed by atoms with Gasteiger partial charge in [-0.05, 0) is 192 Å². The highest BCUT2D eigenvalue weighted by atomic mass is 35.5. The minimum atomic E-state index is -2.41. The summed E-state index contributed by atoms with van der Waals surface area (Å²) in [6.07, 6.45) is 33.8. The number of hydrogen-bond acceptors (Lipinski definition) is 7. The minimum Gasteiger partial charge on any atom is -0.385 e. The number of methoxy groups -OCH3 is 2. The van der Waals surface area contributed by atoms with E-state index in [4.69, 9.17) is 25.8 Å². The third kappa shape index (κ3) is 380. The standard InChI is InChI=1S/3C8H18.2C7H16.C6H12F2.C6H14O.2C6H14.C5H11Cl.C5H11F.2C5H13N.2C4H11N.2C4H10O.CH3F.17CH4/c1-6-7(2)8(3,4)5;1-5-8(4)6-7(2)3;1-5-7(3)8(4)6-2;1-5-7(3,4)6-2;1-3-5-7-6-4-2;1-3-5-6(7,8)4-2;1-4-5-6(2)7-3;2*1-4-5-6(2)3;1-3-5(6)4-2;1-2-3-4-5-6;1-4-5-6(2)3;1-4-6(3)5-2;1-3-4-5-2;1-3-5-4-2;1-3-4-5-2;1-3-5-4-2;1-2;;;;;;;;;;;;;;;;;/h7H,6H2,1-5H3;2*7-8H,5-6H2,1-4H3;5-6H2,1-4H3;3-7H2,1-2H3;3-5H2,1-2H3;6H,4-5H2,1-3H3;2*6H,4-5H2,1-3H3;5H,3-4H2,1-2H3;2-5H2,1H3;2*4-5H2,1-3H3;2*5H,3-4H2,1-2H3;2*3-4H2,1-2H3;1H3;17*1H4. The zero-order valence-corrected chi connectivity index (χ0v) is 88.0. The van der Waals surface area contributed by atoms with Crippen molar-refractivity contribution in [2.45, 2.75) is 614 Å². The Kier molecular flexibility index (Phi) is 416. The predicted molar refractivity (Wildman–Crippen MR) is 634 cm³/mol. The van der Waals surface area contributed by atoms with Crippen LogP contribution in [0.15, 0.2) is 0 Å². The summed E-state index contributed by atoms with van der Waals surface area (Å²) >= 11 is 5.65. The molecule has 0 aromatic carbocycles. The van der Waals surface area contributed by atoms with Gasteiger partial charge in [0.2, 0.25) is 5.92 Å². The van der Waals surface area contributed by atoms with Crippen LogP contribution in [0.1, 0.15) is 596 Å². The van der Waals surface area contributed by atoms with E-state index in [0.717, 1.165) is 132 Å². The van der Waals surface area contributed by atoms with Crippen LogP contribution in [0.2, 0.25) is 0 Å². The molecule has 0 aliphatic carbocycles. The van der Waals surface area contributed by atoms with Crippen molar-refractivity contribution in [2.24, 2.45) is 52.3 Å². The van der Waals surface area contributed by atoms with Crippen molar-refractivity contribution in [2.75, 3.05) is 115 Å². The Bertz CT molecular complexity index is 1200. The average Bonchev–Trinajstić information content (AvgIpc) is 0.944. The van der Waals surface area contributed by atoms with Gasteiger partial charge in [-0.3, -0.25) is 8.78 Å². The highest BCUT2D eigenvalue weighted by Gasteiger charge is 2.23. The Morgan fingerprint density at radius 3 is 0.781 bits per heavy atom. The Morgan fingerprint density at radius 1 is 0.391 bits per heavy atom. The quantitative estimate of drug-likeness (QED) is 0.0360. The molecule has 0 aliphatic rings. The third-order valence-corrected chi connectivity index (χ3v) is 18.8.